The maximum Gasteiger partial charge on any atom is 0.543 e. The van der Waals surface area contributed by atoms with Crippen LogP contribution >= 0.6 is 0 Å². The van der Waals surface area contributed by atoms with Crippen molar-refractivity contribution in [3.8, 4) is 11.5 Å². The Bertz CT molecular complexity index is 587. The summed E-state index contributed by atoms with van der Waals surface area (Å²) >= 11 is 0. The third-order valence-corrected chi connectivity index (χ3v) is 2.60. The molecule has 0 saturated carbocycles. The molecule has 0 bridgehead atoms. The van der Waals surface area contributed by atoms with E-state index in [-0.39, 0.29) is 0 Å². The Balaban J connectivity index is 1.68. The molecule has 2 aromatic rings. The first-order valence-corrected chi connectivity index (χ1v) is 7.11. The molecule has 6 heteroatoms. The third-order valence-electron chi connectivity index (χ3n) is 2.60. The number of hydrogen-bond acceptors (Lipinski definition) is 6. The lowest BCUT2D eigenvalue weighted by atomic mass is 10.3. The Labute approximate surface area is 134 Å². The molecule has 0 aliphatic carbocycles. The second-order valence-electron chi connectivity index (χ2n) is 4.54. The third kappa shape index (κ3) is 6.27. The second-order valence-corrected chi connectivity index (χ2v) is 4.54. The van der Waals surface area contributed by atoms with Crippen molar-refractivity contribution in [1.29, 1.82) is 0 Å². The van der Waals surface area contributed by atoms with Crippen LogP contribution < -0.4 is 9.47 Å². The van der Waals surface area contributed by atoms with Crippen molar-refractivity contribution >= 4 is 6.16 Å². The molecule has 0 aliphatic rings. The lowest BCUT2D eigenvalue weighted by Crippen LogP contribution is -2.24. The Morgan fingerprint density at radius 3 is 1.78 bits per heavy atom. The highest BCUT2D eigenvalue weighted by molar-refractivity contribution is 5.59. The number of hydrogen-bond donors (Lipinski definition) is 0. The largest absolute Gasteiger partial charge is 0.543 e. The molecule has 0 amide bonds. The standard InChI is InChI=1S/C17H18O6/c1-13(19-15-9-5-3-6-10-15)21-17(18)23-22-14(2)20-16-11-7-4-8-12-16/h3-14H,1-2H3. The van der Waals surface area contributed by atoms with Crippen LogP contribution in [0.25, 0.3) is 0 Å². The van der Waals surface area contributed by atoms with Crippen LogP contribution in [0.2, 0.25) is 0 Å². The zero-order valence-corrected chi connectivity index (χ0v) is 12.9. The predicted molar refractivity (Wildman–Crippen MR) is 81.7 cm³/mol. The predicted octanol–water partition coefficient (Wildman–Crippen LogP) is 3.92. The van der Waals surface area contributed by atoms with Gasteiger partial charge in [-0.1, -0.05) is 36.4 Å². The average Bonchev–Trinajstić information content (AvgIpc) is 2.55. The van der Waals surface area contributed by atoms with E-state index in [9.17, 15) is 4.79 Å². The van der Waals surface area contributed by atoms with Crippen molar-refractivity contribution in [3.05, 3.63) is 60.7 Å². The number of carbonyl (C=O) groups excluding carboxylic acids is 1. The topological polar surface area (TPSA) is 63.2 Å². The summed E-state index contributed by atoms with van der Waals surface area (Å²) < 4.78 is 15.6. The molecule has 23 heavy (non-hydrogen) atoms. The molecule has 2 unspecified atom stereocenters. The summed E-state index contributed by atoms with van der Waals surface area (Å²) in [5.41, 5.74) is 0. The van der Waals surface area contributed by atoms with Crippen molar-refractivity contribution < 1.29 is 28.8 Å². The van der Waals surface area contributed by atoms with Crippen molar-refractivity contribution in [3.63, 3.8) is 0 Å². The van der Waals surface area contributed by atoms with Crippen LogP contribution in [0, 0.1) is 0 Å². The van der Waals surface area contributed by atoms with Crippen molar-refractivity contribution in [1.82, 2.24) is 0 Å². The van der Waals surface area contributed by atoms with Crippen LogP contribution in [0.15, 0.2) is 60.7 Å². The summed E-state index contributed by atoms with van der Waals surface area (Å²) in [6.45, 7) is 3.16. The Morgan fingerprint density at radius 2 is 1.26 bits per heavy atom. The van der Waals surface area contributed by atoms with E-state index in [0.717, 1.165) is 0 Å². The first-order valence-electron chi connectivity index (χ1n) is 7.11. The van der Waals surface area contributed by atoms with Gasteiger partial charge in [0.2, 0.25) is 12.6 Å². The van der Waals surface area contributed by atoms with Gasteiger partial charge in [-0.15, -0.1) is 4.89 Å². The monoisotopic (exact) mass is 318 g/mol. The molecule has 0 saturated heterocycles. The van der Waals surface area contributed by atoms with Gasteiger partial charge in [-0.2, -0.15) is 0 Å². The van der Waals surface area contributed by atoms with Crippen LogP contribution in [-0.2, 0) is 14.5 Å². The Morgan fingerprint density at radius 1 is 0.783 bits per heavy atom. The van der Waals surface area contributed by atoms with Gasteiger partial charge in [-0.3, -0.25) is 4.89 Å². The minimum atomic E-state index is -1.02. The SMILES string of the molecule is CC(OOC(=O)OC(C)Oc1ccccc1)Oc1ccccc1. The van der Waals surface area contributed by atoms with E-state index in [1.807, 2.05) is 36.4 Å². The van der Waals surface area contributed by atoms with Crippen molar-refractivity contribution in [2.24, 2.45) is 0 Å². The number of rotatable bonds is 7. The molecule has 0 heterocycles. The van der Waals surface area contributed by atoms with E-state index >= 15 is 0 Å². The highest BCUT2D eigenvalue weighted by Crippen LogP contribution is 2.13. The normalized spacial score (nSPS) is 12.8. The molecule has 0 spiro atoms. The maximum atomic E-state index is 11.5. The van der Waals surface area contributed by atoms with Gasteiger partial charge in [0, 0.05) is 13.8 Å². The highest BCUT2D eigenvalue weighted by atomic mass is 17.3. The van der Waals surface area contributed by atoms with Gasteiger partial charge in [0.25, 0.3) is 0 Å². The van der Waals surface area contributed by atoms with Gasteiger partial charge in [0.15, 0.2) is 0 Å². The Kier molecular flexibility index (Phi) is 6.26. The molecule has 6 nitrogen and oxygen atoms in total. The van der Waals surface area contributed by atoms with E-state index in [1.165, 1.54) is 0 Å². The summed E-state index contributed by atoms with van der Waals surface area (Å²) in [5.74, 6) is 1.17. The van der Waals surface area contributed by atoms with Crippen molar-refractivity contribution in [2.45, 2.75) is 26.4 Å². The lowest BCUT2D eigenvalue weighted by molar-refractivity contribution is -0.327. The fraction of sp³-hybridized carbons (Fsp3) is 0.235. The highest BCUT2D eigenvalue weighted by Gasteiger charge is 2.15. The maximum absolute atomic E-state index is 11.5. The first-order chi connectivity index (χ1) is 11.1. The summed E-state index contributed by atoms with van der Waals surface area (Å²) in [6.07, 6.45) is -2.62. The first kappa shape index (κ1) is 16.6. The molecule has 0 aromatic heterocycles. The fourth-order valence-electron chi connectivity index (χ4n) is 1.69. The summed E-state index contributed by atoms with van der Waals surface area (Å²) in [4.78, 5) is 20.8. The summed E-state index contributed by atoms with van der Waals surface area (Å²) in [6, 6.07) is 18.0. The minimum Gasteiger partial charge on any atom is -0.461 e. The molecule has 2 rings (SSSR count). The van der Waals surface area contributed by atoms with Gasteiger partial charge < -0.3 is 14.2 Å². The van der Waals surface area contributed by atoms with Gasteiger partial charge in [-0.05, 0) is 24.3 Å². The quantitative estimate of drug-likeness (QED) is 0.334. The average molecular weight is 318 g/mol. The second kappa shape index (κ2) is 8.65. The lowest BCUT2D eigenvalue weighted by Gasteiger charge is -2.16. The molecule has 0 N–H and O–H groups in total. The summed E-state index contributed by atoms with van der Waals surface area (Å²) in [5, 5.41) is 0. The van der Waals surface area contributed by atoms with E-state index in [2.05, 4.69) is 4.89 Å². The van der Waals surface area contributed by atoms with E-state index < -0.39 is 18.7 Å². The smallest absolute Gasteiger partial charge is 0.461 e. The summed E-state index contributed by atoms with van der Waals surface area (Å²) in [7, 11) is 0. The van der Waals surface area contributed by atoms with Gasteiger partial charge in [0.05, 0.1) is 0 Å². The molecule has 2 atom stereocenters. The van der Waals surface area contributed by atoms with Crippen LogP contribution in [0.4, 0.5) is 4.79 Å². The number of benzene rings is 2. The van der Waals surface area contributed by atoms with E-state index in [1.54, 1.807) is 38.1 Å². The van der Waals surface area contributed by atoms with Crippen LogP contribution in [0.3, 0.4) is 0 Å². The molecule has 0 radical (unpaired) electrons. The van der Waals surface area contributed by atoms with Crippen LogP contribution in [0.5, 0.6) is 11.5 Å². The minimum absolute atomic E-state index is 0.578. The van der Waals surface area contributed by atoms with Crippen LogP contribution in [0.1, 0.15) is 13.8 Å². The van der Waals surface area contributed by atoms with Gasteiger partial charge in [-0.25, -0.2) is 4.79 Å². The number of para-hydroxylation sites is 2. The van der Waals surface area contributed by atoms with Crippen LogP contribution in [-0.4, -0.2) is 18.7 Å². The molecule has 0 aliphatic heterocycles. The van der Waals surface area contributed by atoms with Crippen molar-refractivity contribution in [2.75, 3.05) is 0 Å². The zero-order valence-electron chi connectivity index (χ0n) is 12.9. The molecular formula is C17H18O6. The number of ether oxygens (including phenoxy) is 3. The Hall–Kier alpha value is -2.73. The molecule has 0 fully saturated rings. The molecule has 122 valence electrons. The van der Waals surface area contributed by atoms with E-state index in [0.29, 0.717) is 11.5 Å². The number of carbonyl (C=O) groups is 1. The zero-order chi connectivity index (χ0) is 16.5. The fourth-order valence-corrected chi connectivity index (χ4v) is 1.69. The molecule has 2 aromatic carbocycles. The molecular weight excluding hydrogens is 300 g/mol. The van der Waals surface area contributed by atoms with E-state index in [4.69, 9.17) is 19.1 Å². The van der Waals surface area contributed by atoms with Gasteiger partial charge in [0.1, 0.15) is 11.5 Å². The van der Waals surface area contributed by atoms with Gasteiger partial charge >= 0.3 is 6.16 Å².